The lowest BCUT2D eigenvalue weighted by atomic mass is 10.1. The highest BCUT2D eigenvalue weighted by Crippen LogP contribution is 2.19. The zero-order chi connectivity index (χ0) is 19.2. The summed E-state index contributed by atoms with van der Waals surface area (Å²) in [5.74, 6) is 0.367. The van der Waals surface area contributed by atoms with Gasteiger partial charge in [0, 0.05) is 46.5 Å². The molecule has 2 aromatic rings. The molecular formula is C18H26N6O2S. The molecule has 1 aromatic carbocycles. The molecule has 0 aliphatic carbocycles. The summed E-state index contributed by atoms with van der Waals surface area (Å²) in [7, 11) is 5.80. The highest BCUT2D eigenvalue weighted by atomic mass is 32.2. The number of hydrogen-bond donors (Lipinski definition) is 0. The predicted molar refractivity (Wildman–Crippen MR) is 105 cm³/mol. The minimum Gasteiger partial charge on any atom is -0.378 e. The lowest BCUT2D eigenvalue weighted by Gasteiger charge is -2.26. The molecule has 9 heteroatoms. The van der Waals surface area contributed by atoms with Crippen molar-refractivity contribution >= 4 is 23.4 Å². The molecular weight excluding hydrogens is 364 g/mol. The number of aromatic nitrogens is 4. The van der Waals surface area contributed by atoms with Crippen LogP contribution in [0.1, 0.15) is 18.4 Å². The van der Waals surface area contributed by atoms with Crippen molar-refractivity contribution in [1.82, 2.24) is 25.1 Å². The van der Waals surface area contributed by atoms with Gasteiger partial charge >= 0.3 is 0 Å². The van der Waals surface area contributed by atoms with Gasteiger partial charge < -0.3 is 14.5 Å². The second-order valence-corrected chi connectivity index (χ2v) is 7.79. The molecule has 2 heterocycles. The van der Waals surface area contributed by atoms with Gasteiger partial charge in [-0.1, -0.05) is 23.9 Å². The highest BCUT2D eigenvalue weighted by Gasteiger charge is 2.23. The third-order valence-electron chi connectivity index (χ3n) is 4.53. The summed E-state index contributed by atoms with van der Waals surface area (Å²) in [6, 6.07) is 8.30. The lowest BCUT2D eigenvalue weighted by molar-refractivity contribution is -0.130. The summed E-state index contributed by atoms with van der Waals surface area (Å²) in [6.07, 6.45) is 2.18. The fourth-order valence-corrected chi connectivity index (χ4v) is 3.72. The van der Waals surface area contributed by atoms with Crippen LogP contribution in [0.15, 0.2) is 29.4 Å². The van der Waals surface area contributed by atoms with Crippen LogP contribution in [-0.4, -0.2) is 70.1 Å². The normalized spacial score (nSPS) is 16.5. The molecule has 1 aromatic heterocycles. The zero-order valence-electron chi connectivity index (χ0n) is 16.0. The summed E-state index contributed by atoms with van der Waals surface area (Å²) in [5.41, 5.74) is 2.25. The van der Waals surface area contributed by atoms with Crippen LogP contribution in [0.4, 0.5) is 5.69 Å². The average molecular weight is 391 g/mol. The van der Waals surface area contributed by atoms with Gasteiger partial charge in [-0.15, -0.1) is 5.10 Å². The van der Waals surface area contributed by atoms with Crippen molar-refractivity contribution in [2.45, 2.75) is 30.6 Å². The first-order chi connectivity index (χ1) is 13.0. The molecule has 0 radical (unpaired) electrons. The first kappa shape index (κ1) is 19.6. The van der Waals surface area contributed by atoms with Crippen molar-refractivity contribution in [3.63, 3.8) is 0 Å². The number of aryl methyl sites for hydroxylation is 1. The smallest absolute Gasteiger partial charge is 0.233 e. The van der Waals surface area contributed by atoms with Gasteiger partial charge in [-0.05, 0) is 41.0 Å². The number of anilines is 1. The summed E-state index contributed by atoms with van der Waals surface area (Å²) in [6.45, 7) is 1.97. The summed E-state index contributed by atoms with van der Waals surface area (Å²) < 4.78 is 7.32. The molecule has 0 spiro atoms. The number of benzene rings is 1. The number of nitrogens with zero attached hydrogens (tertiary/aromatic N) is 6. The van der Waals surface area contributed by atoms with Crippen LogP contribution < -0.4 is 4.90 Å². The van der Waals surface area contributed by atoms with E-state index in [4.69, 9.17) is 4.74 Å². The van der Waals surface area contributed by atoms with Crippen LogP contribution >= 0.6 is 11.8 Å². The first-order valence-corrected chi connectivity index (χ1v) is 10.0. The van der Waals surface area contributed by atoms with Crippen LogP contribution in [-0.2, 0) is 23.1 Å². The maximum absolute atomic E-state index is 12.9. The first-order valence-electron chi connectivity index (χ1n) is 9.03. The van der Waals surface area contributed by atoms with Gasteiger partial charge in [0.15, 0.2) is 0 Å². The van der Waals surface area contributed by atoms with E-state index < -0.39 is 0 Å². The zero-order valence-corrected chi connectivity index (χ0v) is 16.9. The van der Waals surface area contributed by atoms with E-state index in [1.807, 2.05) is 19.0 Å². The van der Waals surface area contributed by atoms with E-state index in [-0.39, 0.29) is 12.0 Å². The fraction of sp³-hybridized carbons (Fsp3) is 0.556. The average Bonchev–Trinajstić information content (AvgIpc) is 3.31. The number of ether oxygens (including phenoxy) is 1. The summed E-state index contributed by atoms with van der Waals surface area (Å²) >= 11 is 1.35. The SMILES string of the molecule is CN(C)c1ccc(CN(C[C@@H]2CCCO2)C(=O)CSc2nnnn2C)cc1. The molecule has 1 aliphatic heterocycles. The Bertz CT molecular complexity index is 743. The number of carbonyl (C=O) groups is 1. The van der Waals surface area contributed by atoms with Crippen molar-refractivity contribution in [3.8, 4) is 0 Å². The second kappa shape index (κ2) is 9.18. The van der Waals surface area contributed by atoms with Gasteiger partial charge in [-0.3, -0.25) is 4.79 Å². The van der Waals surface area contributed by atoms with Crippen LogP contribution in [0.5, 0.6) is 0 Å². The predicted octanol–water partition coefficient (Wildman–Crippen LogP) is 1.58. The molecule has 3 rings (SSSR count). The Balaban J connectivity index is 1.65. The van der Waals surface area contributed by atoms with Gasteiger partial charge in [-0.25, -0.2) is 4.68 Å². The topological polar surface area (TPSA) is 76.4 Å². The van der Waals surface area contributed by atoms with Crippen molar-refractivity contribution in [2.24, 2.45) is 7.05 Å². The standard InChI is InChI=1S/C18H26N6O2S/c1-22(2)15-8-6-14(7-9-15)11-24(12-16-5-4-10-26-16)17(25)13-27-18-19-20-21-23(18)3/h6-9,16H,4-5,10-13H2,1-3H3/t16-/m0/s1. The van der Waals surface area contributed by atoms with E-state index >= 15 is 0 Å². The molecule has 1 saturated heterocycles. The Morgan fingerprint density at radius 2 is 2.11 bits per heavy atom. The number of rotatable bonds is 8. The fourth-order valence-electron chi connectivity index (χ4n) is 2.97. The molecule has 0 bridgehead atoms. The van der Waals surface area contributed by atoms with Gasteiger partial charge in [0.2, 0.25) is 11.1 Å². The molecule has 0 saturated carbocycles. The van der Waals surface area contributed by atoms with Gasteiger partial charge in [0.1, 0.15) is 0 Å². The molecule has 8 nitrogen and oxygen atoms in total. The number of hydrogen-bond acceptors (Lipinski definition) is 7. The van der Waals surface area contributed by atoms with E-state index in [0.29, 0.717) is 24.0 Å². The second-order valence-electron chi connectivity index (χ2n) is 6.84. The third-order valence-corrected chi connectivity index (χ3v) is 5.53. The van der Waals surface area contributed by atoms with E-state index in [1.165, 1.54) is 11.8 Å². The minimum absolute atomic E-state index is 0.0650. The van der Waals surface area contributed by atoms with E-state index in [9.17, 15) is 4.79 Å². The summed E-state index contributed by atoms with van der Waals surface area (Å²) in [4.78, 5) is 16.8. The van der Waals surface area contributed by atoms with Crippen molar-refractivity contribution in [3.05, 3.63) is 29.8 Å². The molecule has 0 unspecified atom stereocenters. The molecule has 0 N–H and O–H groups in total. The Labute approximate surface area is 163 Å². The lowest BCUT2D eigenvalue weighted by Crippen LogP contribution is -2.38. The Morgan fingerprint density at radius 1 is 1.33 bits per heavy atom. The van der Waals surface area contributed by atoms with Crippen molar-refractivity contribution in [1.29, 1.82) is 0 Å². The minimum atomic E-state index is 0.0650. The van der Waals surface area contributed by atoms with Crippen LogP contribution in [0.25, 0.3) is 0 Å². The number of amides is 1. The molecule has 1 amide bonds. The van der Waals surface area contributed by atoms with Crippen molar-refractivity contribution < 1.29 is 9.53 Å². The van der Waals surface area contributed by atoms with Gasteiger partial charge in [-0.2, -0.15) is 0 Å². The molecule has 1 aliphatic rings. The van der Waals surface area contributed by atoms with Gasteiger partial charge in [0.05, 0.1) is 11.9 Å². The quantitative estimate of drug-likeness (QED) is 0.633. The van der Waals surface area contributed by atoms with Crippen LogP contribution in [0.2, 0.25) is 0 Å². The van der Waals surface area contributed by atoms with E-state index in [2.05, 4.69) is 44.7 Å². The molecule has 1 atom stereocenters. The van der Waals surface area contributed by atoms with Crippen LogP contribution in [0, 0.1) is 0 Å². The molecule has 27 heavy (non-hydrogen) atoms. The van der Waals surface area contributed by atoms with Gasteiger partial charge in [0.25, 0.3) is 0 Å². The number of carbonyl (C=O) groups excluding carboxylic acids is 1. The Kier molecular flexibility index (Phi) is 6.68. The monoisotopic (exact) mass is 390 g/mol. The molecule has 1 fully saturated rings. The maximum atomic E-state index is 12.9. The van der Waals surface area contributed by atoms with E-state index in [0.717, 1.165) is 30.7 Å². The van der Waals surface area contributed by atoms with E-state index in [1.54, 1.807) is 11.7 Å². The number of tetrazole rings is 1. The third kappa shape index (κ3) is 5.43. The number of thioether (sulfide) groups is 1. The summed E-state index contributed by atoms with van der Waals surface area (Å²) in [5, 5.41) is 12.0. The highest BCUT2D eigenvalue weighted by molar-refractivity contribution is 7.99. The molecule has 146 valence electrons. The largest absolute Gasteiger partial charge is 0.378 e. The Morgan fingerprint density at radius 3 is 2.70 bits per heavy atom. The van der Waals surface area contributed by atoms with Crippen molar-refractivity contribution in [2.75, 3.05) is 37.9 Å². The van der Waals surface area contributed by atoms with Crippen LogP contribution in [0.3, 0.4) is 0 Å². The Hall–Kier alpha value is -2.13. The maximum Gasteiger partial charge on any atom is 0.233 e.